The third kappa shape index (κ3) is 5.86. The number of halogens is 1. The van der Waals surface area contributed by atoms with Gasteiger partial charge in [0.15, 0.2) is 0 Å². The van der Waals surface area contributed by atoms with Gasteiger partial charge in [-0.25, -0.2) is 15.0 Å². The van der Waals surface area contributed by atoms with E-state index in [4.69, 9.17) is 16.3 Å². The predicted octanol–water partition coefficient (Wildman–Crippen LogP) is 3.02. The second-order valence-corrected chi connectivity index (χ2v) is 10.3. The van der Waals surface area contributed by atoms with Gasteiger partial charge in [0.25, 0.3) is 5.91 Å². The Morgan fingerprint density at radius 1 is 1.23 bits per heavy atom. The Bertz CT molecular complexity index is 1400. The molecule has 4 N–H and O–H groups in total. The van der Waals surface area contributed by atoms with Crippen molar-refractivity contribution in [1.82, 2.24) is 25.2 Å². The van der Waals surface area contributed by atoms with Crippen molar-refractivity contribution in [2.75, 3.05) is 37.5 Å². The van der Waals surface area contributed by atoms with Crippen LogP contribution < -0.4 is 16.0 Å². The highest BCUT2D eigenvalue weighted by Gasteiger charge is 2.35. The number of hydrogen-bond donors (Lipinski definition) is 4. The Balaban J connectivity index is 1.30. The van der Waals surface area contributed by atoms with Crippen LogP contribution in [-0.4, -0.2) is 75.7 Å². The van der Waals surface area contributed by atoms with Gasteiger partial charge in [-0.05, 0) is 43.5 Å². The minimum absolute atomic E-state index is 0.221. The van der Waals surface area contributed by atoms with Gasteiger partial charge < -0.3 is 30.7 Å². The fourth-order valence-corrected chi connectivity index (χ4v) is 5.08. The van der Waals surface area contributed by atoms with Crippen molar-refractivity contribution >= 4 is 35.2 Å². The van der Waals surface area contributed by atoms with E-state index in [0.717, 1.165) is 18.4 Å². The first-order chi connectivity index (χ1) is 19.4. The molecule has 0 saturated carbocycles. The summed E-state index contributed by atoms with van der Waals surface area (Å²) in [5, 5.41) is 19.4. The number of carbonyl (C=O) groups is 2. The summed E-state index contributed by atoms with van der Waals surface area (Å²) in [7, 11) is 1.74. The van der Waals surface area contributed by atoms with E-state index in [9.17, 15) is 14.7 Å². The highest BCUT2D eigenvalue weighted by molar-refractivity contribution is 6.33. The van der Waals surface area contributed by atoms with Crippen LogP contribution in [0.1, 0.15) is 47.4 Å². The van der Waals surface area contributed by atoms with Crippen LogP contribution in [0.3, 0.4) is 0 Å². The zero-order valence-corrected chi connectivity index (χ0v) is 23.1. The standard InChI is InChI=1S/C28H32ClN7O4/c1-16(26(38)34-23(15-37)22-4-3-5-24(30-2)33-22)36-14-18-7-6-17(12-20(18)27(36)39)25-21(29)13-31-28(35-25)32-19-8-10-40-11-9-19/h3-7,12-13,16,19,23,37H,8-11,14-15H2,1-2H3,(H,30,33)(H,34,38)(H,31,32,35). The highest BCUT2D eigenvalue weighted by Crippen LogP contribution is 2.32. The maximum absolute atomic E-state index is 13.4. The molecular formula is C28H32ClN7O4. The number of aromatic nitrogens is 3. The number of fused-ring (bicyclic) bond motifs is 1. The van der Waals surface area contributed by atoms with E-state index < -0.39 is 12.1 Å². The lowest BCUT2D eigenvalue weighted by molar-refractivity contribution is -0.126. The number of rotatable bonds is 9. The van der Waals surface area contributed by atoms with Crippen molar-refractivity contribution in [3.63, 3.8) is 0 Å². The first-order valence-corrected chi connectivity index (χ1v) is 13.6. The summed E-state index contributed by atoms with van der Waals surface area (Å²) in [4.78, 5) is 41.5. The number of pyridine rings is 1. The lowest BCUT2D eigenvalue weighted by atomic mass is 10.0. The van der Waals surface area contributed by atoms with Crippen LogP contribution in [0.15, 0.2) is 42.6 Å². The van der Waals surface area contributed by atoms with E-state index >= 15 is 0 Å². The maximum atomic E-state index is 13.4. The highest BCUT2D eigenvalue weighted by atomic mass is 35.5. The normalized spacial score (nSPS) is 16.8. The molecule has 11 nitrogen and oxygen atoms in total. The average Bonchev–Trinajstić information content (AvgIpc) is 3.32. The summed E-state index contributed by atoms with van der Waals surface area (Å²) in [6.07, 6.45) is 3.29. The molecular weight excluding hydrogens is 534 g/mol. The Morgan fingerprint density at radius 3 is 2.77 bits per heavy atom. The second kappa shape index (κ2) is 12.2. The summed E-state index contributed by atoms with van der Waals surface area (Å²) in [5.74, 6) is 0.438. The number of nitrogens with one attached hydrogen (secondary N) is 3. The van der Waals surface area contributed by atoms with Gasteiger partial charge >= 0.3 is 0 Å². The summed E-state index contributed by atoms with van der Waals surface area (Å²) < 4.78 is 5.42. The zero-order valence-electron chi connectivity index (χ0n) is 22.4. The minimum atomic E-state index is -0.775. The molecule has 3 aromatic rings. The SMILES string of the molecule is CNc1cccc(C(CO)NC(=O)C(C)N2Cc3ccc(-c4nc(NC5CCOCC5)ncc4Cl)cc3C2=O)n1. The topological polar surface area (TPSA) is 142 Å². The number of aliphatic hydroxyl groups excluding tert-OH is 1. The molecule has 1 saturated heterocycles. The number of anilines is 2. The van der Waals surface area contributed by atoms with Crippen molar-refractivity contribution < 1.29 is 19.4 Å². The number of ether oxygens (including phenoxy) is 1. The van der Waals surface area contributed by atoms with Gasteiger partial charge in [-0.15, -0.1) is 0 Å². The van der Waals surface area contributed by atoms with Crippen molar-refractivity contribution in [2.45, 2.75) is 44.4 Å². The third-order valence-electron chi connectivity index (χ3n) is 7.24. The predicted molar refractivity (Wildman–Crippen MR) is 151 cm³/mol. The largest absolute Gasteiger partial charge is 0.394 e. The van der Waals surface area contributed by atoms with E-state index in [1.54, 1.807) is 44.4 Å². The van der Waals surface area contributed by atoms with Gasteiger partial charge in [0.1, 0.15) is 11.9 Å². The van der Waals surface area contributed by atoms with E-state index in [1.807, 2.05) is 12.1 Å². The molecule has 0 aliphatic carbocycles. The van der Waals surface area contributed by atoms with Gasteiger partial charge in [-0.3, -0.25) is 9.59 Å². The summed E-state index contributed by atoms with van der Waals surface area (Å²) >= 11 is 6.46. The third-order valence-corrected chi connectivity index (χ3v) is 7.52. The van der Waals surface area contributed by atoms with Crippen LogP contribution in [0, 0.1) is 0 Å². The van der Waals surface area contributed by atoms with E-state index in [1.165, 1.54) is 4.90 Å². The molecule has 2 aliphatic rings. The Hall–Kier alpha value is -3.80. The lowest BCUT2D eigenvalue weighted by Crippen LogP contribution is -2.46. The van der Waals surface area contributed by atoms with Crippen molar-refractivity contribution in [2.24, 2.45) is 0 Å². The molecule has 0 spiro atoms. The Labute approximate surface area is 237 Å². The number of amides is 2. The number of benzene rings is 1. The average molecular weight is 566 g/mol. The molecule has 2 atom stereocenters. The van der Waals surface area contributed by atoms with E-state index in [0.29, 0.717) is 52.5 Å². The van der Waals surface area contributed by atoms with Gasteiger partial charge in [-0.1, -0.05) is 29.8 Å². The maximum Gasteiger partial charge on any atom is 0.255 e. The molecule has 4 heterocycles. The molecule has 2 amide bonds. The fourth-order valence-electron chi connectivity index (χ4n) is 4.88. The zero-order chi connectivity index (χ0) is 28.2. The minimum Gasteiger partial charge on any atom is -0.394 e. The van der Waals surface area contributed by atoms with Crippen molar-refractivity contribution in [1.29, 1.82) is 0 Å². The van der Waals surface area contributed by atoms with E-state index in [-0.39, 0.29) is 31.0 Å². The van der Waals surface area contributed by atoms with Gasteiger partial charge in [0.05, 0.1) is 35.3 Å². The molecule has 1 aromatic carbocycles. The molecule has 0 radical (unpaired) electrons. The smallest absolute Gasteiger partial charge is 0.255 e. The molecule has 210 valence electrons. The molecule has 0 bridgehead atoms. The number of nitrogens with zero attached hydrogens (tertiary/aromatic N) is 4. The molecule has 2 unspecified atom stereocenters. The van der Waals surface area contributed by atoms with Crippen molar-refractivity contribution in [3.8, 4) is 11.3 Å². The van der Waals surface area contributed by atoms with Crippen LogP contribution in [0.4, 0.5) is 11.8 Å². The van der Waals surface area contributed by atoms with Crippen LogP contribution in [0.5, 0.6) is 0 Å². The van der Waals surface area contributed by atoms with Gasteiger partial charge in [0.2, 0.25) is 11.9 Å². The first kappa shape index (κ1) is 27.8. The summed E-state index contributed by atoms with van der Waals surface area (Å²) in [6.45, 7) is 3.01. The van der Waals surface area contributed by atoms with Crippen LogP contribution in [0.25, 0.3) is 11.3 Å². The molecule has 2 aliphatic heterocycles. The monoisotopic (exact) mass is 565 g/mol. The molecule has 2 aromatic heterocycles. The van der Waals surface area contributed by atoms with Crippen LogP contribution in [-0.2, 0) is 16.1 Å². The van der Waals surface area contributed by atoms with Crippen LogP contribution in [0.2, 0.25) is 5.02 Å². The Kier molecular flexibility index (Phi) is 8.43. The quantitative estimate of drug-likeness (QED) is 0.308. The fraction of sp³-hybridized carbons (Fsp3) is 0.393. The molecule has 5 rings (SSSR count). The second-order valence-electron chi connectivity index (χ2n) is 9.84. The Morgan fingerprint density at radius 2 is 2.02 bits per heavy atom. The van der Waals surface area contributed by atoms with Gasteiger partial charge in [0, 0.05) is 44.0 Å². The van der Waals surface area contributed by atoms with Gasteiger partial charge in [-0.2, -0.15) is 0 Å². The molecule has 40 heavy (non-hydrogen) atoms. The summed E-state index contributed by atoms with van der Waals surface area (Å²) in [6, 6.07) is 9.54. The van der Waals surface area contributed by atoms with E-state index in [2.05, 4.69) is 30.9 Å². The summed E-state index contributed by atoms with van der Waals surface area (Å²) in [5.41, 5.74) is 3.02. The number of carbonyl (C=O) groups excluding carboxylic acids is 2. The lowest BCUT2D eigenvalue weighted by Gasteiger charge is -2.25. The number of hydrogen-bond acceptors (Lipinski definition) is 9. The van der Waals surface area contributed by atoms with Crippen molar-refractivity contribution in [3.05, 3.63) is 64.4 Å². The first-order valence-electron chi connectivity index (χ1n) is 13.2. The van der Waals surface area contributed by atoms with Crippen LogP contribution >= 0.6 is 11.6 Å². The molecule has 12 heteroatoms. The number of aliphatic hydroxyl groups is 1. The molecule has 1 fully saturated rings.